The number of fused-ring (bicyclic) bond motifs is 1. The number of benzene rings is 1. The minimum absolute atomic E-state index is 0.0791. The van der Waals surface area contributed by atoms with Crippen molar-refractivity contribution in [2.75, 3.05) is 29.7 Å². The number of nitrogens with zero attached hydrogens (tertiary/aromatic N) is 5. The topological polar surface area (TPSA) is 97.2 Å². The molecular weight excluding hydrogens is 475 g/mol. The van der Waals surface area contributed by atoms with Gasteiger partial charge >= 0.3 is 0 Å². The van der Waals surface area contributed by atoms with E-state index in [2.05, 4.69) is 25.7 Å². The number of rotatable bonds is 7. The van der Waals surface area contributed by atoms with Gasteiger partial charge in [0, 0.05) is 32.5 Å². The standard InChI is InChI=1S/C24H26F3N7O2/c1-13-19-21(33(2)20(22(35)31-19)24(36-3)5-4-6-24)32-23(30-13)28-9-15-10-29-34(12-15)11-14-7-16(25)18(27)17(26)8-14/h7-8,10,12,20H,4-6,9,11H2,1-3H3,(H,31,35)(H,28,30,32)/t20-/m1/s1. The molecule has 0 spiro atoms. The second-order valence-electron chi connectivity index (χ2n) is 9.23. The molecule has 2 aromatic heterocycles. The van der Waals surface area contributed by atoms with Crippen molar-refractivity contribution < 1.29 is 22.7 Å². The molecule has 1 saturated carbocycles. The van der Waals surface area contributed by atoms with E-state index >= 15 is 0 Å². The van der Waals surface area contributed by atoms with Gasteiger partial charge in [-0.05, 0) is 43.9 Å². The fraction of sp³-hybridized carbons (Fsp3) is 0.417. The van der Waals surface area contributed by atoms with E-state index < -0.39 is 29.1 Å². The molecule has 1 aliphatic heterocycles. The smallest absolute Gasteiger partial charge is 0.250 e. The SMILES string of the molecule is COC1([C@H]2C(=O)Nc3c(C)nc(NCc4cnn(Cc5cc(F)c(F)c(F)c5)c4)nc3N2C)CCC1. The lowest BCUT2D eigenvalue weighted by atomic mass is 9.73. The first-order valence-corrected chi connectivity index (χ1v) is 11.6. The zero-order valence-corrected chi connectivity index (χ0v) is 20.1. The molecule has 1 fully saturated rings. The van der Waals surface area contributed by atoms with Gasteiger partial charge in [0.15, 0.2) is 23.3 Å². The molecule has 0 unspecified atom stereocenters. The van der Waals surface area contributed by atoms with Gasteiger partial charge in [-0.2, -0.15) is 10.1 Å². The molecule has 2 aliphatic rings. The Hall–Kier alpha value is -3.67. The van der Waals surface area contributed by atoms with Gasteiger partial charge in [-0.3, -0.25) is 9.48 Å². The van der Waals surface area contributed by atoms with Crippen molar-refractivity contribution in [3.05, 3.63) is 58.8 Å². The minimum Gasteiger partial charge on any atom is -0.376 e. The number of halogens is 3. The number of methoxy groups -OCH3 is 1. The number of aryl methyl sites for hydroxylation is 1. The average Bonchev–Trinajstić information content (AvgIpc) is 3.25. The highest BCUT2D eigenvalue weighted by Gasteiger charge is 2.52. The third-order valence-corrected chi connectivity index (χ3v) is 6.92. The third kappa shape index (κ3) is 4.15. The second kappa shape index (κ2) is 9.08. The van der Waals surface area contributed by atoms with Gasteiger partial charge < -0.3 is 20.3 Å². The summed E-state index contributed by atoms with van der Waals surface area (Å²) in [6.45, 7) is 2.22. The first-order valence-electron chi connectivity index (χ1n) is 11.6. The molecule has 36 heavy (non-hydrogen) atoms. The molecule has 5 rings (SSSR count). The highest BCUT2D eigenvalue weighted by atomic mass is 19.2. The predicted molar refractivity (Wildman–Crippen MR) is 126 cm³/mol. The van der Waals surface area contributed by atoms with Crippen LogP contribution in [-0.2, 0) is 22.6 Å². The Kier molecular flexibility index (Phi) is 6.07. The van der Waals surface area contributed by atoms with Crippen molar-refractivity contribution in [1.82, 2.24) is 19.7 Å². The number of hydrogen-bond donors (Lipinski definition) is 2. The van der Waals surface area contributed by atoms with E-state index in [1.54, 1.807) is 26.4 Å². The number of likely N-dealkylation sites (N-methyl/N-ethyl adjacent to an activating group) is 1. The van der Waals surface area contributed by atoms with E-state index in [1.807, 2.05) is 11.9 Å². The van der Waals surface area contributed by atoms with Crippen LogP contribution < -0.4 is 15.5 Å². The number of aromatic nitrogens is 4. The van der Waals surface area contributed by atoms with Crippen LogP contribution in [0.1, 0.15) is 36.1 Å². The lowest BCUT2D eigenvalue weighted by molar-refractivity contribution is -0.135. The molecular formula is C24H26F3N7O2. The van der Waals surface area contributed by atoms with E-state index in [0.29, 0.717) is 29.7 Å². The third-order valence-electron chi connectivity index (χ3n) is 6.92. The van der Waals surface area contributed by atoms with Crippen LogP contribution in [0.4, 0.5) is 30.6 Å². The van der Waals surface area contributed by atoms with E-state index in [0.717, 1.165) is 37.0 Å². The normalized spacial score (nSPS) is 18.4. The van der Waals surface area contributed by atoms with E-state index in [1.165, 1.54) is 4.68 Å². The van der Waals surface area contributed by atoms with Gasteiger partial charge in [0.25, 0.3) is 0 Å². The molecule has 1 amide bonds. The Morgan fingerprint density at radius 2 is 1.92 bits per heavy atom. The molecule has 1 atom stereocenters. The van der Waals surface area contributed by atoms with Crippen molar-refractivity contribution in [3.8, 4) is 0 Å². The molecule has 1 aromatic carbocycles. The van der Waals surface area contributed by atoms with E-state index in [-0.39, 0.29) is 18.0 Å². The van der Waals surface area contributed by atoms with Gasteiger partial charge in [0.05, 0.1) is 24.0 Å². The summed E-state index contributed by atoms with van der Waals surface area (Å²) in [6.07, 6.45) is 5.93. The number of carbonyl (C=O) groups is 1. The van der Waals surface area contributed by atoms with Crippen LogP contribution in [0.5, 0.6) is 0 Å². The Balaban J connectivity index is 1.30. The number of ether oxygens (including phenoxy) is 1. The number of nitrogens with one attached hydrogen (secondary N) is 2. The maximum Gasteiger partial charge on any atom is 0.250 e. The van der Waals surface area contributed by atoms with Crippen LogP contribution in [0.2, 0.25) is 0 Å². The molecule has 3 aromatic rings. The summed E-state index contributed by atoms with van der Waals surface area (Å²) in [5, 5.41) is 10.3. The fourth-order valence-electron chi connectivity index (χ4n) is 4.89. The number of carbonyl (C=O) groups excluding carboxylic acids is 1. The van der Waals surface area contributed by atoms with Gasteiger partial charge in [-0.15, -0.1) is 0 Å². The van der Waals surface area contributed by atoms with Crippen molar-refractivity contribution >= 4 is 23.4 Å². The summed E-state index contributed by atoms with van der Waals surface area (Å²) < 4.78 is 47.4. The minimum atomic E-state index is -1.49. The quantitative estimate of drug-likeness (QED) is 0.479. The summed E-state index contributed by atoms with van der Waals surface area (Å²) in [4.78, 5) is 23.9. The first-order chi connectivity index (χ1) is 17.2. The number of amides is 1. The molecule has 0 radical (unpaired) electrons. The second-order valence-corrected chi connectivity index (χ2v) is 9.23. The van der Waals surface area contributed by atoms with Crippen molar-refractivity contribution in [1.29, 1.82) is 0 Å². The lowest BCUT2D eigenvalue weighted by Crippen LogP contribution is -2.64. The highest BCUT2D eigenvalue weighted by Crippen LogP contribution is 2.44. The van der Waals surface area contributed by atoms with Crippen molar-refractivity contribution in [2.24, 2.45) is 0 Å². The molecule has 12 heteroatoms. The monoisotopic (exact) mass is 501 g/mol. The van der Waals surface area contributed by atoms with Crippen molar-refractivity contribution in [2.45, 2.75) is 50.9 Å². The molecule has 3 heterocycles. The van der Waals surface area contributed by atoms with Gasteiger partial charge in [-0.25, -0.2) is 18.2 Å². The van der Waals surface area contributed by atoms with E-state index in [4.69, 9.17) is 4.74 Å². The maximum absolute atomic E-state index is 13.5. The summed E-state index contributed by atoms with van der Waals surface area (Å²) in [5.41, 5.74) is 1.69. The molecule has 9 nitrogen and oxygen atoms in total. The summed E-state index contributed by atoms with van der Waals surface area (Å²) in [5.74, 6) is -3.12. The highest BCUT2D eigenvalue weighted by molar-refractivity contribution is 6.04. The summed E-state index contributed by atoms with van der Waals surface area (Å²) >= 11 is 0. The summed E-state index contributed by atoms with van der Waals surface area (Å²) in [6, 6.07) is 1.40. The van der Waals surface area contributed by atoms with Crippen LogP contribution >= 0.6 is 0 Å². The Morgan fingerprint density at radius 3 is 2.56 bits per heavy atom. The van der Waals surface area contributed by atoms with Gasteiger partial charge in [-0.1, -0.05) is 0 Å². The van der Waals surface area contributed by atoms with Crippen molar-refractivity contribution in [3.63, 3.8) is 0 Å². The van der Waals surface area contributed by atoms with Crippen LogP contribution in [0.3, 0.4) is 0 Å². The molecule has 0 bridgehead atoms. The predicted octanol–water partition coefficient (Wildman–Crippen LogP) is 3.39. The first kappa shape index (κ1) is 24.0. The number of hydrogen-bond acceptors (Lipinski definition) is 7. The van der Waals surface area contributed by atoms with Crippen LogP contribution in [0, 0.1) is 24.4 Å². The van der Waals surface area contributed by atoms with E-state index in [9.17, 15) is 18.0 Å². The molecule has 0 saturated heterocycles. The zero-order valence-electron chi connectivity index (χ0n) is 20.1. The Labute approximate surface area is 205 Å². The maximum atomic E-state index is 13.5. The van der Waals surface area contributed by atoms with Crippen LogP contribution in [0.25, 0.3) is 0 Å². The zero-order chi connectivity index (χ0) is 25.6. The molecule has 1 aliphatic carbocycles. The largest absolute Gasteiger partial charge is 0.376 e. The fourth-order valence-corrected chi connectivity index (χ4v) is 4.89. The number of anilines is 3. The summed E-state index contributed by atoms with van der Waals surface area (Å²) in [7, 11) is 3.47. The Bertz CT molecular complexity index is 1300. The van der Waals surface area contributed by atoms with Gasteiger partial charge in [0.2, 0.25) is 11.9 Å². The molecule has 190 valence electrons. The van der Waals surface area contributed by atoms with Crippen LogP contribution in [0.15, 0.2) is 24.5 Å². The Morgan fingerprint density at radius 1 is 1.19 bits per heavy atom. The molecule has 2 N–H and O–H groups in total. The average molecular weight is 502 g/mol. The van der Waals surface area contributed by atoms with Gasteiger partial charge in [0.1, 0.15) is 11.7 Å². The van der Waals surface area contributed by atoms with Crippen LogP contribution in [-0.4, -0.2) is 51.5 Å². The lowest BCUT2D eigenvalue weighted by Gasteiger charge is -2.50.